The van der Waals surface area contributed by atoms with Gasteiger partial charge >= 0.3 is 5.69 Å². The normalized spacial score (nSPS) is 23.5. The molecule has 1 aromatic rings. The Labute approximate surface area is 123 Å². The first-order chi connectivity index (χ1) is 10.5. The maximum absolute atomic E-state index is 11.8. The second-order valence-electron chi connectivity index (χ2n) is 4.65. The van der Waals surface area contributed by atoms with E-state index in [4.69, 9.17) is 20.4 Å². The molecule has 2 rings (SSSR count). The monoisotopic (exact) mass is 304 g/mol. The fourth-order valence-electron chi connectivity index (χ4n) is 2.11. The van der Waals surface area contributed by atoms with Crippen LogP contribution in [-0.4, -0.2) is 38.6 Å². The molecule has 22 heavy (non-hydrogen) atoms. The fraction of sp³-hybridized carbons (Fsp3) is 0.385. The highest BCUT2D eigenvalue weighted by Gasteiger charge is 2.35. The summed E-state index contributed by atoms with van der Waals surface area (Å²) in [5, 5.41) is 36.1. The number of aromatic nitrogens is 2. The molecule has 114 valence electrons. The van der Waals surface area contributed by atoms with Crippen molar-refractivity contribution in [2.75, 3.05) is 6.61 Å². The Balaban J connectivity index is 2.45. The lowest BCUT2D eigenvalue weighted by atomic mass is 10.2. The van der Waals surface area contributed by atoms with E-state index in [-0.39, 0.29) is 17.6 Å². The molecule has 1 aliphatic heterocycles. The molecule has 0 saturated carbocycles. The molecule has 0 unspecified atom stereocenters. The first-order valence-electron chi connectivity index (χ1n) is 6.32. The van der Waals surface area contributed by atoms with Crippen molar-refractivity contribution in [1.29, 1.82) is 10.5 Å². The van der Waals surface area contributed by atoms with Crippen LogP contribution in [0.3, 0.4) is 0 Å². The highest BCUT2D eigenvalue weighted by molar-refractivity contribution is 5.60. The first-order valence-corrected chi connectivity index (χ1v) is 6.32. The topological polar surface area (TPSA) is 152 Å². The molecule has 3 N–H and O–H groups in total. The van der Waals surface area contributed by atoms with Crippen molar-refractivity contribution < 1.29 is 14.9 Å². The third-order valence-corrected chi connectivity index (χ3v) is 3.23. The standard InChI is InChI=1S/C13H12N4O5/c14-3-7(4-15)1-8-5-17(13(21)16-12(8)20)11-2-9(19)10(6-18)22-11/h1,5,9-11,18-19H,2,6H2,(H,16,20,21)/t9-,10+,11+/m0/s1. The molecule has 0 amide bonds. The minimum atomic E-state index is -0.943. The number of hydrogen-bond donors (Lipinski definition) is 3. The van der Waals surface area contributed by atoms with Gasteiger partial charge in [0, 0.05) is 12.6 Å². The predicted molar refractivity (Wildman–Crippen MR) is 72.1 cm³/mol. The van der Waals surface area contributed by atoms with E-state index in [0.29, 0.717) is 0 Å². The summed E-state index contributed by atoms with van der Waals surface area (Å²) in [4.78, 5) is 25.6. The van der Waals surface area contributed by atoms with E-state index in [9.17, 15) is 14.7 Å². The Kier molecular flexibility index (Phi) is 4.53. The quantitative estimate of drug-likeness (QED) is 0.581. The zero-order valence-electron chi connectivity index (χ0n) is 11.3. The molecule has 9 heteroatoms. The van der Waals surface area contributed by atoms with E-state index < -0.39 is 36.3 Å². The van der Waals surface area contributed by atoms with Crippen LogP contribution < -0.4 is 11.2 Å². The summed E-state index contributed by atoms with van der Waals surface area (Å²) >= 11 is 0. The van der Waals surface area contributed by atoms with Gasteiger partial charge in [-0.2, -0.15) is 10.5 Å². The molecule has 0 radical (unpaired) electrons. The van der Waals surface area contributed by atoms with Crippen LogP contribution in [0.2, 0.25) is 0 Å². The lowest BCUT2D eigenvalue weighted by Gasteiger charge is -2.14. The highest BCUT2D eigenvalue weighted by atomic mass is 16.5. The van der Waals surface area contributed by atoms with Gasteiger partial charge in [0.25, 0.3) is 5.56 Å². The van der Waals surface area contributed by atoms with Crippen molar-refractivity contribution in [3.63, 3.8) is 0 Å². The molecule has 2 heterocycles. The number of nitriles is 2. The summed E-state index contributed by atoms with van der Waals surface area (Å²) in [6.07, 6.45) is -0.380. The summed E-state index contributed by atoms with van der Waals surface area (Å²) in [6, 6.07) is 3.22. The molecule has 1 aliphatic rings. The average molecular weight is 304 g/mol. The van der Waals surface area contributed by atoms with Gasteiger partial charge in [0.1, 0.15) is 30.0 Å². The van der Waals surface area contributed by atoms with Gasteiger partial charge in [0.05, 0.1) is 18.3 Å². The summed E-state index contributed by atoms with van der Waals surface area (Å²) in [7, 11) is 0. The van der Waals surface area contributed by atoms with E-state index in [0.717, 1.165) is 16.8 Å². The molecule has 1 aromatic heterocycles. The summed E-state index contributed by atoms with van der Waals surface area (Å²) < 4.78 is 6.37. The average Bonchev–Trinajstić information content (AvgIpc) is 2.87. The SMILES string of the molecule is N#CC(C#N)=Cc1cn([C@H]2C[C@H](O)[C@@H](CO)O2)c(=O)[nH]c1=O. The Hall–Kier alpha value is -2.72. The summed E-state index contributed by atoms with van der Waals surface area (Å²) in [5.74, 6) is 0. The van der Waals surface area contributed by atoms with Crippen LogP contribution in [-0.2, 0) is 4.74 Å². The molecule has 9 nitrogen and oxygen atoms in total. The van der Waals surface area contributed by atoms with Gasteiger partial charge in [-0.25, -0.2) is 4.79 Å². The Bertz CT molecular complexity index is 778. The van der Waals surface area contributed by atoms with Crippen molar-refractivity contribution in [2.45, 2.75) is 24.9 Å². The third kappa shape index (κ3) is 2.97. The van der Waals surface area contributed by atoms with Crippen LogP contribution in [0, 0.1) is 22.7 Å². The van der Waals surface area contributed by atoms with Gasteiger partial charge < -0.3 is 14.9 Å². The van der Waals surface area contributed by atoms with E-state index in [2.05, 4.69) is 0 Å². The number of aliphatic hydroxyl groups excluding tert-OH is 2. The van der Waals surface area contributed by atoms with Crippen molar-refractivity contribution in [3.05, 3.63) is 38.2 Å². The lowest BCUT2D eigenvalue weighted by molar-refractivity contribution is -0.0459. The van der Waals surface area contributed by atoms with E-state index in [1.165, 1.54) is 0 Å². The Morgan fingerprint density at radius 3 is 2.73 bits per heavy atom. The number of ether oxygens (including phenoxy) is 1. The molecule has 1 fully saturated rings. The van der Waals surface area contributed by atoms with Crippen LogP contribution in [0.5, 0.6) is 0 Å². The van der Waals surface area contributed by atoms with Gasteiger partial charge in [0.2, 0.25) is 0 Å². The number of aliphatic hydroxyl groups is 2. The van der Waals surface area contributed by atoms with Gasteiger partial charge in [-0.05, 0) is 6.08 Å². The van der Waals surface area contributed by atoms with Gasteiger partial charge in [0.15, 0.2) is 0 Å². The smallest absolute Gasteiger partial charge is 0.330 e. The zero-order chi connectivity index (χ0) is 16.3. The minimum Gasteiger partial charge on any atom is -0.394 e. The first kappa shape index (κ1) is 15.7. The largest absolute Gasteiger partial charge is 0.394 e. The molecular weight excluding hydrogens is 292 g/mol. The second-order valence-corrected chi connectivity index (χ2v) is 4.65. The van der Waals surface area contributed by atoms with E-state index in [1.54, 1.807) is 12.1 Å². The number of nitrogens with one attached hydrogen (secondary N) is 1. The molecule has 0 aliphatic carbocycles. The molecule has 3 atom stereocenters. The second kappa shape index (κ2) is 6.37. The number of allylic oxidation sites excluding steroid dienone is 1. The van der Waals surface area contributed by atoms with Crippen LogP contribution in [0.25, 0.3) is 6.08 Å². The number of rotatable bonds is 3. The summed E-state index contributed by atoms with van der Waals surface area (Å²) in [6.45, 7) is -0.407. The third-order valence-electron chi connectivity index (χ3n) is 3.23. The van der Waals surface area contributed by atoms with Crippen molar-refractivity contribution >= 4 is 6.08 Å². The summed E-state index contributed by atoms with van der Waals surface area (Å²) in [5.41, 5.74) is -1.87. The molecular formula is C13H12N4O5. The highest BCUT2D eigenvalue weighted by Crippen LogP contribution is 2.27. The molecule has 0 aromatic carbocycles. The van der Waals surface area contributed by atoms with Crippen LogP contribution in [0.4, 0.5) is 0 Å². The lowest BCUT2D eigenvalue weighted by Crippen LogP contribution is -2.33. The van der Waals surface area contributed by atoms with Crippen molar-refractivity contribution in [3.8, 4) is 12.1 Å². The van der Waals surface area contributed by atoms with Crippen LogP contribution in [0.1, 0.15) is 18.2 Å². The van der Waals surface area contributed by atoms with Crippen LogP contribution >= 0.6 is 0 Å². The zero-order valence-corrected chi connectivity index (χ0v) is 11.3. The van der Waals surface area contributed by atoms with E-state index in [1.807, 2.05) is 4.98 Å². The van der Waals surface area contributed by atoms with Crippen LogP contribution in [0.15, 0.2) is 21.4 Å². The number of aromatic amines is 1. The Morgan fingerprint density at radius 2 is 2.18 bits per heavy atom. The minimum absolute atomic E-state index is 0.0592. The molecule has 1 saturated heterocycles. The number of hydrogen-bond acceptors (Lipinski definition) is 7. The maximum Gasteiger partial charge on any atom is 0.330 e. The van der Waals surface area contributed by atoms with Gasteiger partial charge in [-0.15, -0.1) is 0 Å². The molecule has 0 bridgehead atoms. The van der Waals surface area contributed by atoms with Gasteiger partial charge in [-0.1, -0.05) is 0 Å². The molecule has 0 spiro atoms. The van der Waals surface area contributed by atoms with E-state index >= 15 is 0 Å². The Morgan fingerprint density at radius 1 is 1.50 bits per heavy atom. The van der Waals surface area contributed by atoms with Crippen molar-refractivity contribution in [2.24, 2.45) is 0 Å². The number of H-pyrrole nitrogens is 1. The van der Waals surface area contributed by atoms with Gasteiger partial charge in [-0.3, -0.25) is 14.3 Å². The van der Waals surface area contributed by atoms with Crippen molar-refractivity contribution in [1.82, 2.24) is 9.55 Å². The fourth-order valence-corrected chi connectivity index (χ4v) is 2.11. The maximum atomic E-state index is 11.8. The number of nitrogens with zero attached hydrogens (tertiary/aromatic N) is 3. The predicted octanol–water partition coefficient (Wildman–Crippen LogP) is -1.39.